The molecule has 2 aliphatic rings. The fraction of sp³-hybridized carbons (Fsp3) is 0.857. The first kappa shape index (κ1) is 16.2. The van der Waals surface area contributed by atoms with E-state index in [9.17, 15) is 18.5 Å². The quantitative estimate of drug-likeness (QED) is 0.846. The van der Waals surface area contributed by atoms with E-state index in [0.717, 1.165) is 12.8 Å². The van der Waals surface area contributed by atoms with Crippen molar-refractivity contribution in [2.75, 3.05) is 18.8 Å². The van der Waals surface area contributed by atoms with E-state index >= 15 is 0 Å². The molecule has 1 saturated carbocycles. The van der Waals surface area contributed by atoms with E-state index in [-0.39, 0.29) is 18.2 Å². The Bertz CT molecular complexity index is 546. The summed E-state index contributed by atoms with van der Waals surface area (Å²) in [5.41, 5.74) is -0.780. The Morgan fingerprint density at radius 1 is 1.38 bits per heavy atom. The summed E-state index contributed by atoms with van der Waals surface area (Å²) in [6, 6.07) is 2.20. The zero-order valence-corrected chi connectivity index (χ0v) is 13.1. The monoisotopic (exact) mass is 314 g/mol. The Labute approximate surface area is 125 Å². The number of rotatable bonds is 4. The van der Waals surface area contributed by atoms with Crippen molar-refractivity contribution in [3.63, 3.8) is 0 Å². The van der Waals surface area contributed by atoms with E-state index in [4.69, 9.17) is 5.11 Å². The van der Waals surface area contributed by atoms with Crippen molar-refractivity contribution in [2.24, 2.45) is 17.3 Å². The predicted molar refractivity (Wildman–Crippen MR) is 76.8 cm³/mol. The maximum absolute atomic E-state index is 12.6. The third-order valence-corrected chi connectivity index (χ3v) is 6.63. The fourth-order valence-electron chi connectivity index (χ4n) is 3.49. The van der Waals surface area contributed by atoms with E-state index in [2.05, 4.69) is 6.07 Å². The highest BCUT2D eigenvalue weighted by Crippen LogP contribution is 2.39. The van der Waals surface area contributed by atoms with Gasteiger partial charge in [-0.05, 0) is 25.2 Å². The molecule has 2 rings (SSSR count). The Balaban J connectivity index is 2.15. The molecule has 0 bridgehead atoms. The number of carboxylic acid groups (broad SMARTS) is 1. The van der Waals surface area contributed by atoms with Crippen LogP contribution in [0.15, 0.2) is 0 Å². The molecule has 21 heavy (non-hydrogen) atoms. The van der Waals surface area contributed by atoms with Gasteiger partial charge in [0.1, 0.15) is 0 Å². The van der Waals surface area contributed by atoms with Gasteiger partial charge in [0.05, 0.1) is 23.2 Å². The topological polar surface area (TPSA) is 98.5 Å². The van der Waals surface area contributed by atoms with Gasteiger partial charge in [0.15, 0.2) is 0 Å². The van der Waals surface area contributed by atoms with Gasteiger partial charge in [-0.2, -0.15) is 5.26 Å². The molecule has 0 amide bonds. The van der Waals surface area contributed by atoms with Gasteiger partial charge in [-0.15, -0.1) is 0 Å². The van der Waals surface area contributed by atoms with Gasteiger partial charge in [0.2, 0.25) is 10.0 Å². The standard InChI is InChI=1S/C14H22N2O4S/c1-11-6-12(13(17)18)8-16(7-11)21(19,20)10-14(9-15)4-2-3-5-14/h11-12H,2-8,10H2,1H3,(H,17,18). The maximum atomic E-state index is 12.6. The van der Waals surface area contributed by atoms with Gasteiger partial charge in [0.25, 0.3) is 0 Å². The number of aliphatic carboxylic acids is 1. The molecule has 2 fully saturated rings. The van der Waals surface area contributed by atoms with Gasteiger partial charge in [-0.25, -0.2) is 12.7 Å². The summed E-state index contributed by atoms with van der Waals surface area (Å²) < 4.78 is 26.5. The lowest BCUT2D eigenvalue weighted by atomic mass is 9.91. The normalized spacial score (nSPS) is 29.9. The van der Waals surface area contributed by atoms with Gasteiger partial charge in [0, 0.05) is 13.1 Å². The summed E-state index contributed by atoms with van der Waals surface area (Å²) in [6.45, 7) is 2.25. The van der Waals surface area contributed by atoms with E-state index in [0.29, 0.717) is 25.8 Å². The molecule has 2 unspecified atom stereocenters. The van der Waals surface area contributed by atoms with Crippen molar-refractivity contribution in [1.82, 2.24) is 4.31 Å². The molecule has 0 radical (unpaired) electrons. The minimum Gasteiger partial charge on any atom is -0.481 e. The van der Waals surface area contributed by atoms with Crippen molar-refractivity contribution >= 4 is 16.0 Å². The van der Waals surface area contributed by atoms with Crippen molar-refractivity contribution in [2.45, 2.75) is 39.0 Å². The Hall–Kier alpha value is -1.13. The molecular weight excluding hydrogens is 292 g/mol. The molecule has 118 valence electrons. The van der Waals surface area contributed by atoms with Crippen LogP contribution in [0.2, 0.25) is 0 Å². The van der Waals surface area contributed by atoms with Crippen LogP contribution in [0.1, 0.15) is 39.0 Å². The molecule has 1 N–H and O–H groups in total. The smallest absolute Gasteiger partial charge is 0.307 e. The molecule has 0 aromatic carbocycles. The van der Waals surface area contributed by atoms with Crippen LogP contribution in [-0.2, 0) is 14.8 Å². The first-order valence-corrected chi connectivity index (χ1v) is 9.01. The molecule has 1 aliphatic heterocycles. The van der Waals surface area contributed by atoms with Crippen LogP contribution in [-0.4, -0.2) is 42.6 Å². The highest BCUT2D eigenvalue weighted by molar-refractivity contribution is 7.89. The average molecular weight is 314 g/mol. The van der Waals surface area contributed by atoms with Crippen molar-refractivity contribution in [1.29, 1.82) is 5.26 Å². The van der Waals surface area contributed by atoms with E-state index < -0.39 is 27.3 Å². The summed E-state index contributed by atoms with van der Waals surface area (Å²) in [6.07, 6.45) is 3.52. The minimum atomic E-state index is -3.59. The highest BCUT2D eigenvalue weighted by atomic mass is 32.2. The number of sulfonamides is 1. The van der Waals surface area contributed by atoms with E-state index in [1.54, 1.807) is 0 Å². The number of nitriles is 1. The molecule has 0 aromatic heterocycles. The second-order valence-electron chi connectivity index (χ2n) is 6.55. The van der Waals surface area contributed by atoms with Crippen LogP contribution < -0.4 is 0 Å². The summed E-state index contributed by atoms with van der Waals surface area (Å²) in [5, 5.41) is 18.5. The third kappa shape index (κ3) is 3.55. The number of hydrogen-bond acceptors (Lipinski definition) is 4. The number of carboxylic acids is 1. The lowest BCUT2D eigenvalue weighted by Crippen LogP contribution is -2.48. The first-order valence-electron chi connectivity index (χ1n) is 7.40. The van der Waals surface area contributed by atoms with Crippen LogP contribution in [0, 0.1) is 28.6 Å². The van der Waals surface area contributed by atoms with Gasteiger partial charge in [-0.1, -0.05) is 19.8 Å². The Morgan fingerprint density at radius 3 is 2.52 bits per heavy atom. The maximum Gasteiger partial charge on any atom is 0.307 e. The Morgan fingerprint density at radius 2 is 2.00 bits per heavy atom. The largest absolute Gasteiger partial charge is 0.481 e. The molecule has 0 spiro atoms. The molecule has 1 aliphatic carbocycles. The third-order valence-electron chi connectivity index (χ3n) is 4.63. The highest BCUT2D eigenvalue weighted by Gasteiger charge is 2.43. The lowest BCUT2D eigenvalue weighted by molar-refractivity contribution is -0.143. The molecule has 7 heteroatoms. The molecular formula is C14H22N2O4S. The minimum absolute atomic E-state index is 0.0243. The SMILES string of the molecule is CC1CC(C(=O)O)CN(S(=O)(=O)CC2(C#N)CCCC2)C1. The molecule has 1 heterocycles. The summed E-state index contributed by atoms with van der Waals surface area (Å²) in [4.78, 5) is 11.2. The van der Waals surface area contributed by atoms with Crippen LogP contribution >= 0.6 is 0 Å². The van der Waals surface area contributed by atoms with Crippen LogP contribution in [0.25, 0.3) is 0 Å². The number of hydrogen-bond donors (Lipinski definition) is 1. The van der Waals surface area contributed by atoms with Gasteiger partial charge < -0.3 is 5.11 Å². The second kappa shape index (κ2) is 5.93. The predicted octanol–water partition coefficient (Wildman–Crippen LogP) is 1.44. The summed E-state index contributed by atoms with van der Waals surface area (Å²) in [7, 11) is -3.59. The number of nitrogens with zero attached hydrogens (tertiary/aromatic N) is 2. The van der Waals surface area contributed by atoms with Gasteiger partial charge >= 0.3 is 5.97 Å². The molecule has 6 nitrogen and oxygen atoms in total. The Kier molecular flexibility index (Phi) is 4.59. The van der Waals surface area contributed by atoms with Gasteiger partial charge in [-0.3, -0.25) is 4.79 Å². The number of piperidine rings is 1. The molecule has 2 atom stereocenters. The fourth-order valence-corrected chi connectivity index (χ4v) is 5.61. The van der Waals surface area contributed by atoms with Crippen molar-refractivity contribution < 1.29 is 18.3 Å². The average Bonchev–Trinajstić information content (AvgIpc) is 2.86. The van der Waals surface area contributed by atoms with Crippen molar-refractivity contribution in [3.8, 4) is 6.07 Å². The van der Waals surface area contributed by atoms with Crippen molar-refractivity contribution in [3.05, 3.63) is 0 Å². The summed E-state index contributed by atoms with van der Waals surface area (Å²) in [5.74, 6) is -1.74. The van der Waals surface area contributed by atoms with Crippen LogP contribution in [0.3, 0.4) is 0 Å². The molecule has 0 aromatic rings. The van der Waals surface area contributed by atoms with E-state index in [1.165, 1.54) is 4.31 Å². The first-order chi connectivity index (χ1) is 9.78. The van der Waals surface area contributed by atoms with Crippen LogP contribution in [0.5, 0.6) is 0 Å². The molecule has 1 saturated heterocycles. The lowest BCUT2D eigenvalue weighted by Gasteiger charge is -2.35. The zero-order valence-electron chi connectivity index (χ0n) is 12.3. The summed E-state index contributed by atoms with van der Waals surface area (Å²) >= 11 is 0. The zero-order chi connectivity index (χ0) is 15.7. The van der Waals surface area contributed by atoms with Crippen LogP contribution in [0.4, 0.5) is 0 Å². The number of carbonyl (C=O) groups is 1. The second-order valence-corrected chi connectivity index (χ2v) is 8.52. The van der Waals surface area contributed by atoms with E-state index in [1.807, 2.05) is 6.92 Å².